The van der Waals surface area contributed by atoms with Gasteiger partial charge in [0, 0.05) is 30.1 Å². The van der Waals surface area contributed by atoms with Gasteiger partial charge in [-0.15, -0.1) is 0 Å². The number of carboxylic acid groups (broad SMARTS) is 1. The molecule has 0 radical (unpaired) electrons. The van der Waals surface area contributed by atoms with E-state index in [-0.39, 0.29) is 36.0 Å². The Kier molecular flexibility index (Phi) is 7.22. The fourth-order valence-electron chi connectivity index (χ4n) is 4.08. The van der Waals surface area contributed by atoms with Crippen LogP contribution in [0.4, 0.5) is 13.2 Å². The Bertz CT molecular complexity index is 968. The summed E-state index contributed by atoms with van der Waals surface area (Å²) in [6.07, 6.45) is -1.31. The standard InChI is InChI=1S/C22H26F3N3O4/c1-13(21(31)32)17(10-11-29)26-20(30)18-12-19(28(27-18)14-6-2-3-7-14)15-8-4-5-9-16(15)22(23,24)25/h4-5,8-9,12-14,17,29H,2-3,6-7,10-11H2,1H3,(H,26,30)(H,31,32)/p-1. The molecule has 2 unspecified atom stereocenters. The summed E-state index contributed by atoms with van der Waals surface area (Å²) < 4.78 is 42.4. The van der Waals surface area contributed by atoms with Gasteiger partial charge >= 0.3 is 6.18 Å². The van der Waals surface area contributed by atoms with Crippen LogP contribution in [0.25, 0.3) is 11.3 Å². The van der Waals surface area contributed by atoms with Gasteiger partial charge in [0.2, 0.25) is 0 Å². The number of rotatable bonds is 8. The van der Waals surface area contributed by atoms with Crippen molar-refractivity contribution in [2.45, 2.75) is 57.3 Å². The van der Waals surface area contributed by atoms with Crippen molar-refractivity contribution in [1.29, 1.82) is 0 Å². The van der Waals surface area contributed by atoms with Crippen LogP contribution in [0.1, 0.15) is 61.1 Å². The van der Waals surface area contributed by atoms with E-state index in [0.717, 1.165) is 31.7 Å². The number of alkyl halides is 3. The van der Waals surface area contributed by atoms with Crippen LogP contribution in [0.15, 0.2) is 30.3 Å². The summed E-state index contributed by atoms with van der Waals surface area (Å²) in [5.74, 6) is -3.19. The number of nitrogens with one attached hydrogen (secondary N) is 1. The van der Waals surface area contributed by atoms with Crippen molar-refractivity contribution in [3.63, 3.8) is 0 Å². The topological polar surface area (TPSA) is 107 Å². The molecule has 1 aliphatic carbocycles. The number of aromatic nitrogens is 2. The van der Waals surface area contributed by atoms with Gasteiger partial charge in [0.1, 0.15) is 0 Å². The van der Waals surface area contributed by atoms with E-state index in [1.54, 1.807) is 0 Å². The molecule has 0 bridgehead atoms. The van der Waals surface area contributed by atoms with Crippen molar-refractivity contribution in [3.8, 4) is 11.3 Å². The molecular formula is C22H25F3N3O4-. The minimum Gasteiger partial charge on any atom is -0.550 e. The lowest BCUT2D eigenvalue weighted by atomic mass is 9.99. The maximum atomic E-state index is 13.6. The normalized spacial score (nSPS) is 16.7. The van der Waals surface area contributed by atoms with Crippen LogP contribution in [0, 0.1) is 5.92 Å². The lowest BCUT2D eigenvalue weighted by Gasteiger charge is -2.24. The first-order valence-corrected chi connectivity index (χ1v) is 10.5. The fraction of sp³-hybridized carbons (Fsp3) is 0.500. The summed E-state index contributed by atoms with van der Waals surface area (Å²) in [6, 6.07) is 5.38. The zero-order chi connectivity index (χ0) is 23.5. The van der Waals surface area contributed by atoms with Crippen LogP contribution in [0.5, 0.6) is 0 Å². The number of carboxylic acids is 1. The Hall–Kier alpha value is -2.88. The molecule has 2 aromatic rings. The van der Waals surface area contributed by atoms with Gasteiger partial charge in [-0.25, -0.2) is 0 Å². The van der Waals surface area contributed by atoms with E-state index >= 15 is 0 Å². The molecule has 2 N–H and O–H groups in total. The first-order chi connectivity index (χ1) is 15.1. The number of carbonyl (C=O) groups excluding carboxylic acids is 2. The smallest absolute Gasteiger partial charge is 0.417 e. The number of amides is 1. The second-order valence-corrected chi connectivity index (χ2v) is 8.04. The van der Waals surface area contributed by atoms with Gasteiger partial charge in [0.25, 0.3) is 5.91 Å². The van der Waals surface area contributed by atoms with Gasteiger partial charge in [-0.3, -0.25) is 9.48 Å². The zero-order valence-corrected chi connectivity index (χ0v) is 17.6. The van der Waals surface area contributed by atoms with E-state index in [1.807, 2.05) is 0 Å². The Morgan fingerprint density at radius 1 is 1.28 bits per heavy atom. The molecule has 1 fully saturated rings. The monoisotopic (exact) mass is 452 g/mol. The lowest BCUT2D eigenvalue weighted by molar-refractivity contribution is -0.311. The van der Waals surface area contributed by atoms with Crippen LogP contribution in [0.2, 0.25) is 0 Å². The highest BCUT2D eigenvalue weighted by atomic mass is 19.4. The number of hydrogen-bond donors (Lipinski definition) is 2. The van der Waals surface area contributed by atoms with Crippen molar-refractivity contribution in [1.82, 2.24) is 15.1 Å². The third-order valence-corrected chi connectivity index (χ3v) is 5.88. The third-order valence-electron chi connectivity index (χ3n) is 5.88. The van der Waals surface area contributed by atoms with E-state index in [1.165, 1.54) is 35.9 Å². The molecule has 1 aromatic heterocycles. The van der Waals surface area contributed by atoms with E-state index in [4.69, 9.17) is 0 Å². The minimum atomic E-state index is -4.58. The number of aliphatic hydroxyl groups excluding tert-OH is 1. The van der Waals surface area contributed by atoms with Crippen LogP contribution < -0.4 is 10.4 Å². The molecule has 7 nitrogen and oxygen atoms in total. The third kappa shape index (κ3) is 5.12. The van der Waals surface area contributed by atoms with Crippen LogP contribution >= 0.6 is 0 Å². The van der Waals surface area contributed by atoms with E-state index in [0.29, 0.717) is 0 Å². The molecule has 1 saturated carbocycles. The molecule has 0 aliphatic heterocycles. The summed E-state index contributed by atoms with van der Waals surface area (Å²) in [5.41, 5.74) is -0.831. The van der Waals surface area contributed by atoms with Gasteiger partial charge in [0.05, 0.1) is 17.3 Å². The summed E-state index contributed by atoms with van der Waals surface area (Å²) in [5, 5.41) is 27.3. The first kappa shape index (κ1) is 23.8. The number of hydrogen-bond acceptors (Lipinski definition) is 5. The van der Waals surface area contributed by atoms with Crippen molar-refractivity contribution in [3.05, 3.63) is 41.6 Å². The zero-order valence-electron chi connectivity index (χ0n) is 17.6. The Morgan fingerprint density at radius 2 is 1.94 bits per heavy atom. The highest BCUT2D eigenvalue weighted by Gasteiger charge is 2.35. The van der Waals surface area contributed by atoms with Crippen molar-refractivity contribution in [2.24, 2.45) is 5.92 Å². The number of aliphatic hydroxyl groups is 1. The maximum absolute atomic E-state index is 13.6. The molecule has 2 atom stereocenters. The predicted octanol–water partition coefficient (Wildman–Crippen LogP) is 2.55. The molecule has 1 aliphatic rings. The minimum absolute atomic E-state index is 0.0199. The SMILES string of the molecule is CC(C(=O)[O-])C(CCO)NC(=O)c1cc(-c2ccccc2C(F)(F)F)n(C2CCCC2)n1. The fourth-order valence-corrected chi connectivity index (χ4v) is 4.08. The van der Waals surface area contributed by atoms with E-state index in [2.05, 4.69) is 10.4 Å². The van der Waals surface area contributed by atoms with Gasteiger partial charge in [-0.05, 0) is 31.4 Å². The number of benzene rings is 1. The van der Waals surface area contributed by atoms with E-state index in [9.17, 15) is 33.0 Å². The Labute approximate surface area is 183 Å². The predicted molar refractivity (Wildman–Crippen MR) is 107 cm³/mol. The summed E-state index contributed by atoms with van der Waals surface area (Å²) in [6.45, 7) is 0.987. The summed E-state index contributed by atoms with van der Waals surface area (Å²) in [7, 11) is 0. The molecular weight excluding hydrogens is 427 g/mol. The Morgan fingerprint density at radius 3 is 2.53 bits per heavy atom. The van der Waals surface area contributed by atoms with Crippen LogP contribution in [0.3, 0.4) is 0 Å². The number of aliphatic carboxylic acids is 1. The van der Waals surface area contributed by atoms with Crippen molar-refractivity contribution >= 4 is 11.9 Å². The molecule has 174 valence electrons. The second kappa shape index (κ2) is 9.72. The molecule has 0 saturated heterocycles. The largest absolute Gasteiger partial charge is 0.550 e. The van der Waals surface area contributed by atoms with Crippen molar-refractivity contribution < 1.29 is 33.0 Å². The molecule has 1 aromatic carbocycles. The van der Waals surface area contributed by atoms with Gasteiger partial charge < -0.3 is 20.3 Å². The summed E-state index contributed by atoms with van der Waals surface area (Å²) in [4.78, 5) is 24.1. The molecule has 32 heavy (non-hydrogen) atoms. The molecule has 0 spiro atoms. The molecule has 10 heteroatoms. The lowest BCUT2D eigenvalue weighted by Crippen LogP contribution is -2.47. The number of halogens is 3. The van der Waals surface area contributed by atoms with E-state index < -0.39 is 35.6 Å². The van der Waals surface area contributed by atoms with Gasteiger partial charge in [0.15, 0.2) is 5.69 Å². The van der Waals surface area contributed by atoms with Crippen LogP contribution in [-0.2, 0) is 11.0 Å². The van der Waals surface area contributed by atoms with Gasteiger partial charge in [-0.2, -0.15) is 18.3 Å². The van der Waals surface area contributed by atoms with Crippen LogP contribution in [-0.4, -0.2) is 39.4 Å². The quantitative estimate of drug-likeness (QED) is 0.640. The first-order valence-electron chi connectivity index (χ1n) is 10.5. The highest BCUT2D eigenvalue weighted by Crippen LogP contribution is 2.40. The maximum Gasteiger partial charge on any atom is 0.417 e. The molecule has 1 amide bonds. The average Bonchev–Trinajstić information content (AvgIpc) is 3.42. The number of carbonyl (C=O) groups is 2. The number of nitrogens with zero attached hydrogens (tertiary/aromatic N) is 2. The van der Waals surface area contributed by atoms with Crippen molar-refractivity contribution in [2.75, 3.05) is 6.61 Å². The second-order valence-electron chi connectivity index (χ2n) is 8.04. The van der Waals surface area contributed by atoms with Gasteiger partial charge in [-0.1, -0.05) is 38.0 Å². The average molecular weight is 452 g/mol. The highest BCUT2D eigenvalue weighted by molar-refractivity contribution is 5.94. The Balaban J connectivity index is 2.01. The molecule has 1 heterocycles. The molecule has 3 rings (SSSR count). The summed E-state index contributed by atoms with van der Waals surface area (Å²) >= 11 is 0.